The summed E-state index contributed by atoms with van der Waals surface area (Å²) in [4.78, 5) is 25.7. The van der Waals surface area contributed by atoms with Gasteiger partial charge in [0.15, 0.2) is 11.5 Å². The number of amides is 2. The first kappa shape index (κ1) is 18.4. The number of hydrogen-bond acceptors (Lipinski definition) is 5. The lowest BCUT2D eigenvalue weighted by atomic mass is 9.95. The maximum absolute atomic E-state index is 12.9. The van der Waals surface area contributed by atoms with Crippen molar-refractivity contribution in [2.75, 3.05) is 6.61 Å². The van der Waals surface area contributed by atoms with E-state index in [9.17, 15) is 14.7 Å². The lowest BCUT2D eigenvalue weighted by Gasteiger charge is -2.23. The highest BCUT2D eigenvalue weighted by atomic mass is 127. The summed E-state index contributed by atoms with van der Waals surface area (Å²) in [6, 6.07) is 14.0. The van der Waals surface area contributed by atoms with Crippen LogP contribution in [0.5, 0.6) is 11.5 Å². The van der Waals surface area contributed by atoms with E-state index in [4.69, 9.17) is 4.74 Å². The zero-order valence-corrected chi connectivity index (χ0v) is 17.0. The van der Waals surface area contributed by atoms with Gasteiger partial charge in [-0.3, -0.25) is 9.59 Å². The predicted molar refractivity (Wildman–Crippen MR) is 114 cm³/mol. The van der Waals surface area contributed by atoms with E-state index in [1.165, 1.54) is 6.21 Å². The van der Waals surface area contributed by atoms with E-state index in [1.807, 2.05) is 41.6 Å². The SMILES string of the molecule is CCOc1cc(/C=N\N2C(=O)c3cccc4cccc(c34)C2=O)cc(I)c1O. The molecular weight excluding hydrogens is 471 g/mol. The van der Waals surface area contributed by atoms with Crippen molar-refractivity contribution >= 4 is 51.4 Å². The topological polar surface area (TPSA) is 79.2 Å². The number of phenols is 1. The second-order valence-corrected chi connectivity index (χ2v) is 7.32. The lowest BCUT2D eigenvalue weighted by molar-refractivity contribution is 0.0616. The molecule has 0 saturated heterocycles. The summed E-state index contributed by atoms with van der Waals surface area (Å²) in [7, 11) is 0. The normalized spacial score (nSPS) is 13.6. The molecular formula is C21H15IN2O4. The zero-order valence-electron chi connectivity index (χ0n) is 14.8. The van der Waals surface area contributed by atoms with E-state index in [2.05, 4.69) is 5.10 Å². The minimum absolute atomic E-state index is 0.0466. The van der Waals surface area contributed by atoms with Crippen LogP contribution in [0.4, 0.5) is 0 Å². The minimum atomic E-state index is -0.468. The van der Waals surface area contributed by atoms with Crippen LogP contribution in [0, 0.1) is 3.57 Å². The Kier molecular flexibility index (Phi) is 4.76. The summed E-state index contributed by atoms with van der Waals surface area (Å²) in [6.45, 7) is 2.21. The van der Waals surface area contributed by atoms with Crippen molar-refractivity contribution in [3.05, 3.63) is 68.8 Å². The maximum atomic E-state index is 12.9. The molecule has 3 aromatic rings. The van der Waals surface area contributed by atoms with Gasteiger partial charge in [0.25, 0.3) is 11.8 Å². The number of carbonyl (C=O) groups is 2. The number of rotatable bonds is 4. The average molecular weight is 486 g/mol. The highest BCUT2D eigenvalue weighted by molar-refractivity contribution is 14.1. The lowest BCUT2D eigenvalue weighted by Crippen LogP contribution is -2.36. The van der Waals surface area contributed by atoms with Gasteiger partial charge in [-0.05, 0) is 64.7 Å². The molecule has 7 heteroatoms. The maximum Gasteiger partial charge on any atom is 0.282 e. The Balaban J connectivity index is 1.74. The summed E-state index contributed by atoms with van der Waals surface area (Å²) in [5.41, 5.74) is 1.49. The summed E-state index contributed by atoms with van der Waals surface area (Å²) in [5, 5.41) is 16.6. The molecule has 1 heterocycles. The van der Waals surface area contributed by atoms with E-state index < -0.39 is 11.8 Å². The number of phenolic OH excluding ortho intramolecular Hbond substituents is 1. The third-order valence-electron chi connectivity index (χ3n) is 4.42. The summed E-state index contributed by atoms with van der Waals surface area (Å²) >= 11 is 1.98. The molecule has 1 aliphatic rings. The number of halogens is 1. The van der Waals surface area contributed by atoms with Gasteiger partial charge < -0.3 is 9.84 Å². The van der Waals surface area contributed by atoms with Crippen molar-refractivity contribution in [3.63, 3.8) is 0 Å². The van der Waals surface area contributed by atoms with Gasteiger partial charge in [0.2, 0.25) is 0 Å². The predicted octanol–water partition coefficient (Wildman–Crippen LogP) is 4.18. The second kappa shape index (κ2) is 7.23. The molecule has 0 aromatic heterocycles. The Hall–Kier alpha value is -2.94. The molecule has 3 aromatic carbocycles. The second-order valence-electron chi connectivity index (χ2n) is 6.16. The zero-order chi connectivity index (χ0) is 19.8. The monoisotopic (exact) mass is 486 g/mol. The molecule has 0 radical (unpaired) electrons. The molecule has 0 aliphatic carbocycles. The smallest absolute Gasteiger partial charge is 0.282 e. The molecule has 0 spiro atoms. The van der Waals surface area contributed by atoms with Crippen LogP contribution >= 0.6 is 22.6 Å². The third kappa shape index (κ3) is 3.01. The standard InChI is InChI=1S/C21H15IN2O4/c1-2-28-17-10-12(9-16(22)19(17)25)11-23-24-20(26)14-7-3-5-13-6-4-8-15(18(13)14)21(24)27/h3-11,25H,2H2,1H3/b23-11-. The quantitative estimate of drug-likeness (QED) is 0.341. The van der Waals surface area contributed by atoms with E-state index >= 15 is 0 Å². The molecule has 0 fully saturated rings. The van der Waals surface area contributed by atoms with Crippen LogP contribution in [0.2, 0.25) is 0 Å². The Morgan fingerprint density at radius 1 is 1.11 bits per heavy atom. The average Bonchev–Trinajstić information content (AvgIpc) is 2.69. The van der Waals surface area contributed by atoms with Gasteiger partial charge in [0.05, 0.1) is 27.5 Å². The minimum Gasteiger partial charge on any atom is -0.504 e. The Morgan fingerprint density at radius 3 is 2.36 bits per heavy atom. The third-order valence-corrected chi connectivity index (χ3v) is 5.25. The van der Waals surface area contributed by atoms with E-state index in [0.717, 1.165) is 10.4 Å². The van der Waals surface area contributed by atoms with Crippen LogP contribution in [0.15, 0.2) is 53.6 Å². The number of hydrazone groups is 1. The van der Waals surface area contributed by atoms with Crippen LogP contribution in [0.3, 0.4) is 0 Å². The number of benzene rings is 3. The van der Waals surface area contributed by atoms with Crippen molar-refractivity contribution in [2.45, 2.75) is 6.92 Å². The summed E-state index contributed by atoms with van der Waals surface area (Å²) < 4.78 is 5.99. The summed E-state index contributed by atoms with van der Waals surface area (Å²) in [5.74, 6) is -0.569. The van der Waals surface area contributed by atoms with Gasteiger partial charge in [-0.2, -0.15) is 10.1 Å². The number of nitrogens with zero attached hydrogens (tertiary/aromatic N) is 2. The fraction of sp³-hybridized carbons (Fsp3) is 0.0952. The van der Waals surface area contributed by atoms with Crippen molar-refractivity contribution in [3.8, 4) is 11.5 Å². The van der Waals surface area contributed by atoms with E-state index in [-0.39, 0.29) is 5.75 Å². The number of carbonyl (C=O) groups excluding carboxylic acids is 2. The molecule has 1 aliphatic heterocycles. The number of hydrogen-bond donors (Lipinski definition) is 1. The van der Waals surface area contributed by atoms with Crippen molar-refractivity contribution in [1.82, 2.24) is 5.01 Å². The van der Waals surface area contributed by atoms with Crippen molar-refractivity contribution < 1.29 is 19.4 Å². The van der Waals surface area contributed by atoms with Crippen LogP contribution in [0.1, 0.15) is 33.2 Å². The van der Waals surface area contributed by atoms with Gasteiger partial charge in [0.1, 0.15) is 0 Å². The van der Waals surface area contributed by atoms with Crippen molar-refractivity contribution in [1.29, 1.82) is 0 Å². The summed E-state index contributed by atoms with van der Waals surface area (Å²) in [6.07, 6.45) is 1.41. The van der Waals surface area contributed by atoms with Crippen molar-refractivity contribution in [2.24, 2.45) is 5.10 Å². The van der Waals surface area contributed by atoms with Gasteiger partial charge in [-0.25, -0.2) is 0 Å². The number of imide groups is 1. The Labute approximate surface area is 174 Å². The molecule has 28 heavy (non-hydrogen) atoms. The molecule has 0 bridgehead atoms. The van der Waals surface area contributed by atoms with Gasteiger partial charge in [-0.1, -0.05) is 24.3 Å². The van der Waals surface area contributed by atoms with Gasteiger partial charge in [-0.15, -0.1) is 0 Å². The number of ether oxygens (including phenoxy) is 1. The highest BCUT2D eigenvalue weighted by Crippen LogP contribution is 2.33. The van der Waals surface area contributed by atoms with Gasteiger partial charge >= 0.3 is 0 Å². The molecule has 0 unspecified atom stereocenters. The van der Waals surface area contributed by atoms with Crippen LogP contribution in [-0.4, -0.2) is 34.8 Å². The molecule has 1 N–H and O–H groups in total. The fourth-order valence-electron chi connectivity index (χ4n) is 3.18. The van der Waals surface area contributed by atoms with E-state index in [1.54, 1.807) is 36.4 Å². The molecule has 6 nitrogen and oxygen atoms in total. The number of aromatic hydroxyl groups is 1. The highest BCUT2D eigenvalue weighted by Gasteiger charge is 2.32. The molecule has 140 valence electrons. The largest absolute Gasteiger partial charge is 0.504 e. The Bertz CT molecular complexity index is 1110. The molecule has 0 saturated carbocycles. The molecule has 2 amide bonds. The van der Waals surface area contributed by atoms with E-state index in [0.29, 0.717) is 38.0 Å². The van der Waals surface area contributed by atoms with Gasteiger partial charge in [0, 0.05) is 5.39 Å². The first-order valence-electron chi connectivity index (χ1n) is 8.61. The first-order valence-corrected chi connectivity index (χ1v) is 9.69. The molecule has 4 rings (SSSR count). The first-order chi connectivity index (χ1) is 13.5. The Morgan fingerprint density at radius 2 is 1.75 bits per heavy atom. The molecule has 0 atom stereocenters. The van der Waals surface area contributed by atoms with Crippen LogP contribution < -0.4 is 4.74 Å². The van der Waals surface area contributed by atoms with Crippen LogP contribution in [0.25, 0.3) is 10.8 Å². The van der Waals surface area contributed by atoms with Crippen LogP contribution in [-0.2, 0) is 0 Å². The fourth-order valence-corrected chi connectivity index (χ4v) is 3.81.